The predicted molar refractivity (Wildman–Crippen MR) is 101 cm³/mol. The van der Waals surface area contributed by atoms with Gasteiger partial charge in [0.05, 0.1) is 17.4 Å². The minimum atomic E-state index is -0.137. The van der Waals surface area contributed by atoms with Crippen LogP contribution in [0, 0.1) is 31.6 Å². The Morgan fingerprint density at radius 1 is 1.20 bits per heavy atom. The SMILES string of the molecule is C#CCN(Cc1ccc2nc(C)[nH]c(=O)c2c1)c1cccc(C#C)c1. The molecule has 122 valence electrons. The summed E-state index contributed by atoms with van der Waals surface area (Å²) >= 11 is 0. The van der Waals surface area contributed by atoms with Gasteiger partial charge in [-0.2, -0.15) is 0 Å². The standard InChI is InChI=1S/C21H17N3O/c1-4-11-24(18-8-6-7-16(5-2)12-18)14-17-9-10-20-19(13-17)21(25)23-15(3)22-20/h1-2,6-10,12-13H,11,14H2,3H3,(H,22,23,25). The molecule has 1 heterocycles. The van der Waals surface area contributed by atoms with Crippen molar-refractivity contribution in [1.82, 2.24) is 9.97 Å². The summed E-state index contributed by atoms with van der Waals surface area (Å²) in [7, 11) is 0. The van der Waals surface area contributed by atoms with E-state index >= 15 is 0 Å². The molecule has 0 bridgehead atoms. The molecule has 25 heavy (non-hydrogen) atoms. The van der Waals surface area contributed by atoms with Crippen molar-refractivity contribution in [1.29, 1.82) is 0 Å². The Bertz CT molecular complexity index is 1070. The first kappa shape index (κ1) is 16.4. The zero-order chi connectivity index (χ0) is 17.8. The summed E-state index contributed by atoms with van der Waals surface area (Å²) in [5.74, 6) is 5.91. The maximum atomic E-state index is 12.2. The number of aryl methyl sites for hydroxylation is 1. The first-order valence-corrected chi connectivity index (χ1v) is 7.85. The van der Waals surface area contributed by atoms with Crippen LogP contribution >= 0.6 is 0 Å². The van der Waals surface area contributed by atoms with E-state index in [9.17, 15) is 4.79 Å². The van der Waals surface area contributed by atoms with Crippen LogP contribution in [-0.2, 0) is 6.54 Å². The van der Waals surface area contributed by atoms with E-state index in [2.05, 4.69) is 21.8 Å². The highest BCUT2D eigenvalue weighted by molar-refractivity contribution is 5.78. The van der Waals surface area contributed by atoms with Crippen molar-refractivity contribution in [3.05, 3.63) is 69.8 Å². The van der Waals surface area contributed by atoms with Crippen molar-refractivity contribution < 1.29 is 0 Å². The molecule has 1 aromatic heterocycles. The lowest BCUT2D eigenvalue weighted by Gasteiger charge is -2.23. The van der Waals surface area contributed by atoms with Gasteiger partial charge in [-0.1, -0.05) is 24.0 Å². The van der Waals surface area contributed by atoms with E-state index in [1.807, 2.05) is 47.4 Å². The Labute approximate surface area is 146 Å². The molecule has 0 atom stereocenters. The smallest absolute Gasteiger partial charge is 0.258 e. The minimum absolute atomic E-state index is 0.137. The normalized spacial score (nSPS) is 10.2. The summed E-state index contributed by atoms with van der Waals surface area (Å²) in [4.78, 5) is 21.3. The van der Waals surface area contributed by atoms with Gasteiger partial charge in [0.25, 0.3) is 5.56 Å². The van der Waals surface area contributed by atoms with Crippen LogP contribution in [-0.4, -0.2) is 16.5 Å². The number of nitrogens with one attached hydrogen (secondary N) is 1. The third-order valence-electron chi connectivity index (χ3n) is 3.92. The van der Waals surface area contributed by atoms with E-state index in [0.29, 0.717) is 29.8 Å². The van der Waals surface area contributed by atoms with E-state index in [4.69, 9.17) is 12.8 Å². The maximum absolute atomic E-state index is 12.2. The molecule has 0 amide bonds. The van der Waals surface area contributed by atoms with Crippen LogP contribution in [0.1, 0.15) is 17.0 Å². The zero-order valence-corrected chi connectivity index (χ0v) is 13.9. The number of rotatable bonds is 4. The molecular formula is C21H17N3O. The average molecular weight is 327 g/mol. The van der Waals surface area contributed by atoms with Crippen LogP contribution in [0.2, 0.25) is 0 Å². The summed E-state index contributed by atoms with van der Waals surface area (Å²) in [6.45, 7) is 2.78. The lowest BCUT2D eigenvalue weighted by molar-refractivity contribution is 0.878. The molecule has 3 aromatic rings. The number of anilines is 1. The third-order valence-corrected chi connectivity index (χ3v) is 3.92. The van der Waals surface area contributed by atoms with E-state index in [0.717, 1.165) is 16.8 Å². The van der Waals surface area contributed by atoms with Crippen LogP contribution < -0.4 is 10.5 Å². The maximum Gasteiger partial charge on any atom is 0.258 e. The summed E-state index contributed by atoms with van der Waals surface area (Å²) in [5.41, 5.74) is 3.27. The summed E-state index contributed by atoms with van der Waals surface area (Å²) in [5, 5.41) is 0.570. The molecule has 0 aliphatic heterocycles. The molecule has 3 rings (SSSR count). The first-order chi connectivity index (χ1) is 12.1. The van der Waals surface area contributed by atoms with E-state index in [1.54, 1.807) is 6.92 Å². The molecule has 0 unspecified atom stereocenters. The monoisotopic (exact) mass is 327 g/mol. The van der Waals surface area contributed by atoms with Crippen LogP contribution in [0.25, 0.3) is 10.9 Å². The van der Waals surface area contributed by atoms with Crippen molar-refractivity contribution in [2.45, 2.75) is 13.5 Å². The fraction of sp³-hybridized carbons (Fsp3) is 0.143. The van der Waals surface area contributed by atoms with Gasteiger partial charge in [0.1, 0.15) is 5.82 Å². The first-order valence-electron chi connectivity index (χ1n) is 7.85. The third kappa shape index (κ3) is 3.54. The molecule has 0 spiro atoms. The van der Waals surface area contributed by atoms with Gasteiger partial charge in [-0.25, -0.2) is 4.98 Å². The highest BCUT2D eigenvalue weighted by Crippen LogP contribution is 2.20. The number of aromatic nitrogens is 2. The summed E-state index contributed by atoms with van der Waals surface area (Å²) in [6.07, 6.45) is 11.0. The van der Waals surface area contributed by atoms with Crippen LogP contribution in [0.3, 0.4) is 0 Å². The number of H-pyrrole nitrogens is 1. The van der Waals surface area contributed by atoms with Crippen molar-refractivity contribution >= 4 is 16.6 Å². The minimum Gasteiger partial charge on any atom is -0.356 e. The lowest BCUT2D eigenvalue weighted by Crippen LogP contribution is -2.23. The highest BCUT2D eigenvalue weighted by atomic mass is 16.1. The summed E-state index contributed by atoms with van der Waals surface area (Å²) in [6, 6.07) is 13.4. The molecule has 0 aliphatic carbocycles. The van der Waals surface area contributed by atoms with Crippen LogP contribution in [0.5, 0.6) is 0 Å². The molecular weight excluding hydrogens is 310 g/mol. The number of benzene rings is 2. The topological polar surface area (TPSA) is 49.0 Å². The van der Waals surface area contributed by atoms with Gasteiger partial charge in [0.15, 0.2) is 0 Å². The summed E-state index contributed by atoms with van der Waals surface area (Å²) < 4.78 is 0. The molecule has 0 aliphatic rings. The molecule has 0 saturated heterocycles. The van der Waals surface area contributed by atoms with Gasteiger partial charge in [-0.05, 0) is 42.8 Å². The van der Waals surface area contributed by atoms with Crippen LogP contribution in [0.15, 0.2) is 47.3 Å². The van der Waals surface area contributed by atoms with Crippen molar-refractivity contribution in [3.8, 4) is 24.7 Å². The Morgan fingerprint density at radius 3 is 2.80 bits per heavy atom. The second kappa shape index (κ2) is 6.95. The average Bonchev–Trinajstić information content (AvgIpc) is 2.62. The second-order valence-corrected chi connectivity index (χ2v) is 5.76. The van der Waals surface area contributed by atoms with Crippen molar-refractivity contribution in [2.75, 3.05) is 11.4 Å². The van der Waals surface area contributed by atoms with Crippen LogP contribution in [0.4, 0.5) is 5.69 Å². The number of fused-ring (bicyclic) bond motifs is 1. The Kier molecular flexibility index (Phi) is 4.55. The number of nitrogens with zero attached hydrogens (tertiary/aromatic N) is 2. The molecule has 4 nitrogen and oxygen atoms in total. The fourth-order valence-electron chi connectivity index (χ4n) is 2.76. The quantitative estimate of drug-likeness (QED) is 0.750. The number of hydrogen-bond donors (Lipinski definition) is 1. The number of hydrogen-bond acceptors (Lipinski definition) is 3. The lowest BCUT2D eigenvalue weighted by atomic mass is 10.1. The largest absolute Gasteiger partial charge is 0.356 e. The Hall–Kier alpha value is -3.50. The molecule has 0 saturated carbocycles. The second-order valence-electron chi connectivity index (χ2n) is 5.76. The zero-order valence-electron chi connectivity index (χ0n) is 13.9. The molecule has 2 aromatic carbocycles. The molecule has 0 fully saturated rings. The Morgan fingerprint density at radius 2 is 2.04 bits per heavy atom. The highest BCUT2D eigenvalue weighted by Gasteiger charge is 2.09. The van der Waals surface area contributed by atoms with Gasteiger partial charge >= 0.3 is 0 Å². The van der Waals surface area contributed by atoms with Gasteiger partial charge in [-0.15, -0.1) is 12.8 Å². The number of aromatic amines is 1. The Balaban J connectivity index is 1.97. The molecule has 4 heteroatoms. The van der Waals surface area contributed by atoms with Gasteiger partial charge in [0.2, 0.25) is 0 Å². The van der Waals surface area contributed by atoms with Gasteiger partial charge < -0.3 is 9.88 Å². The molecule has 1 N–H and O–H groups in total. The number of terminal acetylenes is 2. The van der Waals surface area contributed by atoms with E-state index < -0.39 is 0 Å². The van der Waals surface area contributed by atoms with Gasteiger partial charge in [-0.3, -0.25) is 4.79 Å². The van der Waals surface area contributed by atoms with Crippen molar-refractivity contribution in [2.24, 2.45) is 0 Å². The fourth-order valence-corrected chi connectivity index (χ4v) is 2.76. The van der Waals surface area contributed by atoms with Crippen molar-refractivity contribution in [3.63, 3.8) is 0 Å². The van der Waals surface area contributed by atoms with E-state index in [-0.39, 0.29) is 5.56 Å². The molecule has 0 radical (unpaired) electrons. The predicted octanol–water partition coefficient (Wildman–Crippen LogP) is 2.85. The van der Waals surface area contributed by atoms with E-state index in [1.165, 1.54) is 0 Å². The van der Waals surface area contributed by atoms with Gasteiger partial charge in [0, 0.05) is 17.8 Å².